The fourth-order valence-corrected chi connectivity index (χ4v) is 4.63. The Morgan fingerprint density at radius 1 is 0.778 bits per heavy atom. The van der Waals surface area contributed by atoms with Crippen LogP contribution < -0.4 is 0 Å². The van der Waals surface area contributed by atoms with E-state index in [0.29, 0.717) is 0 Å². The van der Waals surface area contributed by atoms with Gasteiger partial charge in [-0.1, -0.05) is 27.7 Å². The number of aliphatic hydroxyl groups excluding tert-OH is 2. The van der Waals surface area contributed by atoms with Crippen LogP contribution >= 0.6 is 0 Å². The fourth-order valence-electron chi connectivity index (χ4n) is 4.63. The van der Waals surface area contributed by atoms with Crippen LogP contribution in [0.5, 0.6) is 0 Å². The van der Waals surface area contributed by atoms with Gasteiger partial charge >= 0.3 is 0 Å². The van der Waals surface area contributed by atoms with Crippen molar-refractivity contribution in [3.05, 3.63) is 0 Å². The first-order valence-electron chi connectivity index (χ1n) is 11.2. The summed E-state index contributed by atoms with van der Waals surface area (Å²) in [5.41, 5.74) is 0. The highest BCUT2D eigenvalue weighted by atomic mass is 16.5. The number of aliphatic hydroxyl groups is 2. The van der Waals surface area contributed by atoms with E-state index in [1.807, 2.05) is 0 Å². The van der Waals surface area contributed by atoms with Crippen molar-refractivity contribution < 1.29 is 14.9 Å². The summed E-state index contributed by atoms with van der Waals surface area (Å²) in [6.07, 6.45) is 5.20. The summed E-state index contributed by atoms with van der Waals surface area (Å²) in [4.78, 5) is 4.82. The zero-order chi connectivity index (χ0) is 19.8. The molecule has 160 valence electrons. The lowest BCUT2D eigenvalue weighted by Crippen LogP contribution is -2.52. The van der Waals surface area contributed by atoms with Crippen molar-refractivity contribution in [3.63, 3.8) is 0 Å². The van der Waals surface area contributed by atoms with Crippen LogP contribution in [0.15, 0.2) is 0 Å². The maximum atomic E-state index is 9.05. The Morgan fingerprint density at radius 3 is 1.56 bits per heavy atom. The van der Waals surface area contributed by atoms with Crippen LogP contribution in [-0.4, -0.2) is 84.7 Å². The molecule has 3 saturated heterocycles. The SMILES string of the molecule is CC(C)C1CCN(C(CO)CO)CC1.CC(C)C1CCN(C2COC2)CC1. The second-order valence-electron chi connectivity index (χ2n) is 9.45. The van der Waals surface area contributed by atoms with Gasteiger partial charge in [-0.05, 0) is 75.5 Å². The molecular weight excluding hydrogens is 340 g/mol. The van der Waals surface area contributed by atoms with Crippen LogP contribution in [0.25, 0.3) is 0 Å². The molecule has 3 aliphatic heterocycles. The lowest BCUT2D eigenvalue weighted by Gasteiger charge is -2.42. The number of ether oxygens (including phenoxy) is 1. The molecule has 27 heavy (non-hydrogen) atoms. The highest BCUT2D eigenvalue weighted by molar-refractivity contribution is 4.83. The van der Waals surface area contributed by atoms with Crippen molar-refractivity contribution in [2.75, 3.05) is 52.6 Å². The van der Waals surface area contributed by atoms with E-state index in [4.69, 9.17) is 14.9 Å². The molecule has 0 aromatic carbocycles. The van der Waals surface area contributed by atoms with Crippen LogP contribution in [0.4, 0.5) is 0 Å². The largest absolute Gasteiger partial charge is 0.395 e. The topological polar surface area (TPSA) is 56.2 Å². The van der Waals surface area contributed by atoms with Crippen LogP contribution in [-0.2, 0) is 4.74 Å². The van der Waals surface area contributed by atoms with Crippen LogP contribution in [0.1, 0.15) is 53.4 Å². The third-order valence-corrected chi connectivity index (χ3v) is 7.11. The van der Waals surface area contributed by atoms with Gasteiger partial charge < -0.3 is 14.9 Å². The molecule has 0 amide bonds. The summed E-state index contributed by atoms with van der Waals surface area (Å²) in [5.74, 6) is 3.43. The lowest BCUT2D eigenvalue weighted by atomic mass is 9.86. The fraction of sp³-hybridized carbons (Fsp3) is 1.00. The molecule has 0 radical (unpaired) electrons. The van der Waals surface area contributed by atoms with Crippen molar-refractivity contribution in [1.82, 2.24) is 9.80 Å². The molecule has 3 aliphatic rings. The summed E-state index contributed by atoms with van der Waals surface area (Å²) >= 11 is 0. The number of likely N-dealkylation sites (tertiary alicyclic amines) is 2. The van der Waals surface area contributed by atoms with Crippen molar-refractivity contribution in [1.29, 1.82) is 0 Å². The molecule has 3 fully saturated rings. The number of hydrogen-bond donors (Lipinski definition) is 2. The Labute approximate surface area is 167 Å². The Balaban J connectivity index is 0.000000194. The molecule has 0 atom stereocenters. The smallest absolute Gasteiger partial charge is 0.0645 e. The number of nitrogens with zero attached hydrogens (tertiary/aromatic N) is 2. The third kappa shape index (κ3) is 6.97. The minimum Gasteiger partial charge on any atom is -0.395 e. The molecule has 2 N–H and O–H groups in total. The first kappa shape index (κ1) is 23.1. The summed E-state index contributed by atoms with van der Waals surface area (Å²) in [6, 6.07) is 0.719. The summed E-state index contributed by atoms with van der Waals surface area (Å²) in [5, 5.41) is 18.1. The van der Waals surface area contributed by atoms with Gasteiger partial charge in [0.25, 0.3) is 0 Å². The van der Waals surface area contributed by atoms with E-state index in [1.165, 1.54) is 38.8 Å². The quantitative estimate of drug-likeness (QED) is 0.737. The Kier molecular flexibility index (Phi) is 10.0. The van der Waals surface area contributed by atoms with Gasteiger partial charge in [-0.15, -0.1) is 0 Å². The first-order valence-corrected chi connectivity index (χ1v) is 11.2. The van der Waals surface area contributed by atoms with Crippen LogP contribution in [0.2, 0.25) is 0 Å². The predicted molar refractivity (Wildman–Crippen MR) is 111 cm³/mol. The lowest BCUT2D eigenvalue weighted by molar-refractivity contribution is -0.0753. The van der Waals surface area contributed by atoms with E-state index >= 15 is 0 Å². The van der Waals surface area contributed by atoms with E-state index in [2.05, 4.69) is 37.5 Å². The molecule has 3 heterocycles. The minimum atomic E-state index is -0.0388. The van der Waals surface area contributed by atoms with Gasteiger partial charge in [0.1, 0.15) is 0 Å². The van der Waals surface area contributed by atoms with E-state index < -0.39 is 0 Å². The van der Waals surface area contributed by atoms with Gasteiger partial charge in [0.15, 0.2) is 0 Å². The van der Waals surface area contributed by atoms with Crippen molar-refractivity contribution in [3.8, 4) is 0 Å². The number of piperidine rings is 2. The van der Waals surface area contributed by atoms with Crippen molar-refractivity contribution in [2.24, 2.45) is 23.7 Å². The molecule has 0 aromatic rings. The van der Waals surface area contributed by atoms with E-state index in [1.54, 1.807) is 0 Å². The third-order valence-electron chi connectivity index (χ3n) is 7.11. The molecular formula is C22H44N2O3. The second-order valence-corrected chi connectivity index (χ2v) is 9.45. The highest BCUT2D eigenvalue weighted by Crippen LogP contribution is 2.27. The molecule has 0 saturated carbocycles. The summed E-state index contributed by atoms with van der Waals surface area (Å²) in [6.45, 7) is 16.0. The number of rotatable bonds is 6. The Morgan fingerprint density at radius 2 is 1.22 bits per heavy atom. The Hall–Kier alpha value is -0.200. The van der Waals surface area contributed by atoms with Gasteiger partial charge in [-0.25, -0.2) is 0 Å². The molecule has 3 rings (SSSR count). The molecule has 0 bridgehead atoms. The zero-order valence-electron chi connectivity index (χ0n) is 18.1. The van der Waals surface area contributed by atoms with Gasteiger partial charge in [0.05, 0.1) is 38.5 Å². The van der Waals surface area contributed by atoms with Gasteiger partial charge in [0.2, 0.25) is 0 Å². The van der Waals surface area contributed by atoms with E-state index in [0.717, 1.165) is 56.0 Å². The normalized spacial score (nSPS) is 24.3. The standard InChI is InChI=1S/C11H23NO2.C11H21NO/c1-9(2)10-3-5-12(6-4-10)11(7-13)8-14;1-9(2)10-3-5-12(6-4-10)11-7-13-8-11/h9-11,13-14H,3-8H2,1-2H3;9-11H,3-8H2,1-2H3. The van der Waals surface area contributed by atoms with Crippen molar-refractivity contribution in [2.45, 2.75) is 65.5 Å². The highest BCUT2D eigenvalue weighted by Gasteiger charge is 2.30. The van der Waals surface area contributed by atoms with Crippen LogP contribution in [0.3, 0.4) is 0 Å². The zero-order valence-corrected chi connectivity index (χ0v) is 18.1. The van der Waals surface area contributed by atoms with Gasteiger partial charge in [-0.3, -0.25) is 9.80 Å². The monoisotopic (exact) mass is 384 g/mol. The maximum Gasteiger partial charge on any atom is 0.0645 e. The van der Waals surface area contributed by atoms with E-state index in [9.17, 15) is 0 Å². The predicted octanol–water partition coefficient (Wildman–Crippen LogP) is 2.46. The van der Waals surface area contributed by atoms with Crippen LogP contribution in [0, 0.1) is 23.7 Å². The summed E-state index contributed by atoms with van der Waals surface area (Å²) in [7, 11) is 0. The summed E-state index contributed by atoms with van der Waals surface area (Å²) < 4.78 is 5.22. The number of hydrogen-bond acceptors (Lipinski definition) is 5. The molecule has 0 unspecified atom stereocenters. The molecule has 0 spiro atoms. The second kappa shape index (κ2) is 11.7. The average molecular weight is 385 g/mol. The van der Waals surface area contributed by atoms with Gasteiger partial charge in [-0.2, -0.15) is 0 Å². The Bertz CT molecular complexity index is 381. The van der Waals surface area contributed by atoms with E-state index in [-0.39, 0.29) is 19.3 Å². The minimum absolute atomic E-state index is 0.0388. The van der Waals surface area contributed by atoms with Gasteiger partial charge in [0, 0.05) is 0 Å². The first-order chi connectivity index (χ1) is 13.0. The molecule has 0 aliphatic carbocycles. The van der Waals surface area contributed by atoms with Crippen molar-refractivity contribution >= 4 is 0 Å². The maximum absolute atomic E-state index is 9.05. The average Bonchev–Trinajstić information content (AvgIpc) is 2.63. The molecule has 0 aromatic heterocycles. The molecule has 5 heteroatoms. The molecule has 5 nitrogen and oxygen atoms in total.